The first-order valence-corrected chi connectivity index (χ1v) is 5.98. The first kappa shape index (κ1) is 10.7. The van der Waals surface area contributed by atoms with E-state index < -0.39 is 0 Å². The van der Waals surface area contributed by atoms with Gasteiger partial charge >= 0.3 is 0 Å². The molecule has 0 unspecified atom stereocenters. The number of nitrogens with zero attached hydrogens (tertiary/aromatic N) is 2. The Balaban J connectivity index is 2.01. The zero-order chi connectivity index (χ0) is 11.8. The van der Waals surface area contributed by atoms with E-state index in [9.17, 15) is 0 Å². The average molecular weight is 231 g/mol. The van der Waals surface area contributed by atoms with Gasteiger partial charge in [-0.3, -0.25) is 5.32 Å². The number of nitrogens with one attached hydrogen (secondary N) is 1. The van der Waals surface area contributed by atoms with E-state index >= 15 is 0 Å². The van der Waals surface area contributed by atoms with Crippen LogP contribution in [0.3, 0.4) is 0 Å². The lowest BCUT2D eigenvalue weighted by atomic mass is 10.2. The first-order chi connectivity index (χ1) is 8.29. The van der Waals surface area contributed by atoms with Gasteiger partial charge in [0, 0.05) is 20.1 Å². The van der Waals surface area contributed by atoms with Gasteiger partial charge in [-0.15, -0.1) is 0 Å². The Bertz CT molecular complexity index is 534. The number of benzene rings is 1. The van der Waals surface area contributed by atoms with E-state index in [0.29, 0.717) is 12.3 Å². The summed E-state index contributed by atoms with van der Waals surface area (Å²) in [6.07, 6.45) is 3.52. The number of fused-ring (bicyclic) bond motifs is 1. The summed E-state index contributed by atoms with van der Waals surface area (Å²) in [5.41, 5.74) is 3.55. The Kier molecular flexibility index (Phi) is 2.61. The van der Waals surface area contributed by atoms with Crippen LogP contribution >= 0.6 is 0 Å². The van der Waals surface area contributed by atoms with Crippen molar-refractivity contribution in [3.05, 3.63) is 30.1 Å². The van der Waals surface area contributed by atoms with Gasteiger partial charge in [-0.2, -0.15) is 0 Å². The van der Waals surface area contributed by atoms with E-state index in [4.69, 9.17) is 4.74 Å². The second-order valence-electron chi connectivity index (χ2n) is 4.61. The Labute approximate surface area is 101 Å². The molecule has 0 amide bonds. The molecule has 4 heteroatoms. The van der Waals surface area contributed by atoms with Crippen molar-refractivity contribution in [2.24, 2.45) is 0 Å². The van der Waals surface area contributed by atoms with Crippen molar-refractivity contribution in [1.82, 2.24) is 14.9 Å². The van der Waals surface area contributed by atoms with Crippen LogP contribution in [0, 0.1) is 6.92 Å². The van der Waals surface area contributed by atoms with E-state index in [1.165, 1.54) is 11.1 Å². The number of imidazole rings is 1. The van der Waals surface area contributed by atoms with Crippen molar-refractivity contribution in [1.29, 1.82) is 0 Å². The normalized spacial score (nSPS) is 24.6. The summed E-state index contributed by atoms with van der Waals surface area (Å²) in [4.78, 5) is 4.46. The van der Waals surface area contributed by atoms with Crippen LogP contribution in [0.2, 0.25) is 0 Å². The standard InChI is InChI=1S/C13H17N3O/c1-9-4-3-5-11-13(9)16(8-15-11)12-6-10(17-2)7-14-12/h3-5,8,10,12,14H,6-7H2,1-2H3/t10-,12-/m0/s1. The smallest absolute Gasteiger partial charge is 0.0971 e. The SMILES string of the molecule is CO[C@@H]1CN[C@@H](n2cnc3cccc(C)c32)C1. The maximum atomic E-state index is 5.39. The lowest BCUT2D eigenvalue weighted by Crippen LogP contribution is -2.20. The molecule has 2 aromatic rings. The molecular formula is C13H17N3O. The van der Waals surface area contributed by atoms with Crippen LogP contribution in [-0.4, -0.2) is 29.3 Å². The average Bonchev–Trinajstić information content (AvgIpc) is 2.94. The Morgan fingerprint density at radius 2 is 2.35 bits per heavy atom. The largest absolute Gasteiger partial charge is 0.380 e. The fraction of sp³-hybridized carbons (Fsp3) is 0.462. The molecule has 17 heavy (non-hydrogen) atoms. The molecule has 1 aliphatic heterocycles. The number of para-hydroxylation sites is 1. The van der Waals surface area contributed by atoms with Crippen molar-refractivity contribution in [2.75, 3.05) is 13.7 Å². The lowest BCUT2D eigenvalue weighted by molar-refractivity contribution is 0.115. The summed E-state index contributed by atoms with van der Waals surface area (Å²) in [5, 5.41) is 3.48. The highest BCUT2D eigenvalue weighted by molar-refractivity contribution is 5.78. The molecule has 90 valence electrons. The predicted molar refractivity (Wildman–Crippen MR) is 66.9 cm³/mol. The number of hydrogen-bond donors (Lipinski definition) is 1. The van der Waals surface area contributed by atoms with Gasteiger partial charge in [0.15, 0.2) is 0 Å². The van der Waals surface area contributed by atoms with Gasteiger partial charge in [-0.1, -0.05) is 12.1 Å². The molecule has 0 bridgehead atoms. The first-order valence-electron chi connectivity index (χ1n) is 5.98. The fourth-order valence-electron chi connectivity index (χ4n) is 2.58. The van der Waals surface area contributed by atoms with E-state index in [1.807, 2.05) is 6.33 Å². The molecule has 0 aliphatic carbocycles. The quantitative estimate of drug-likeness (QED) is 0.857. The number of methoxy groups -OCH3 is 1. The van der Waals surface area contributed by atoms with Crippen LogP contribution in [0.5, 0.6) is 0 Å². The second-order valence-corrected chi connectivity index (χ2v) is 4.61. The molecule has 0 radical (unpaired) electrons. The summed E-state index contributed by atoms with van der Waals surface area (Å²) in [5.74, 6) is 0. The van der Waals surface area contributed by atoms with Gasteiger partial charge in [0.05, 0.1) is 29.6 Å². The van der Waals surface area contributed by atoms with Crippen LogP contribution in [0.1, 0.15) is 18.2 Å². The summed E-state index contributed by atoms with van der Waals surface area (Å²) in [7, 11) is 1.77. The van der Waals surface area contributed by atoms with E-state index in [2.05, 4.69) is 40.0 Å². The van der Waals surface area contributed by atoms with Crippen LogP contribution in [-0.2, 0) is 4.74 Å². The predicted octanol–water partition coefficient (Wildman–Crippen LogP) is 1.85. The Morgan fingerprint density at radius 3 is 3.12 bits per heavy atom. The molecule has 2 atom stereocenters. The van der Waals surface area contributed by atoms with Crippen LogP contribution < -0.4 is 5.32 Å². The molecular weight excluding hydrogens is 214 g/mol. The molecule has 1 aliphatic rings. The lowest BCUT2D eigenvalue weighted by Gasteiger charge is -2.14. The minimum atomic E-state index is 0.297. The summed E-state index contributed by atoms with van der Waals surface area (Å²) < 4.78 is 7.61. The molecule has 1 aromatic carbocycles. The molecule has 3 rings (SSSR count). The third kappa shape index (κ3) is 1.73. The third-order valence-electron chi connectivity index (χ3n) is 3.53. The van der Waals surface area contributed by atoms with Gasteiger partial charge in [-0.25, -0.2) is 4.98 Å². The molecule has 1 fully saturated rings. The van der Waals surface area contributed by atoms with Crippen molar-refractivity contribution in [3.8, 4) is 0 Å². The van der Waals surface area contributed by atoms with Crippen molar-refractivity contribution >= 4 is 11.0 Å². The van der Waals surface area contributed by atoms with Gasteiger partial charge < -0.3 is 9.30 Å². The second kappa shape index (κ2) is 4.13. The van der Waals surface area contributed by atoms with Crippen LogP contribution in [0.4, 0.5) is 0 Å². The molecule has 0 saturated carbocycles. The molecule has 1 N–H and O–H groups in total. The van der Waals surface area contributed by atoms with Crippen molar-refractivity contribution in [3.63, 3.8) is 0 Å². The van der Waals surface area contributed by atoms with Crippen LogP contribution in [0.15, 0.2) is 24.5 Å². The summed E-state index contributed by atoms with van der Waals surface area (Å²) >= 11 is 0. The van der Waals surface area contributed by atoms with Crippen molar-refractivity contribution in [2.45, 2.75) is 25.6 Å². The Hall–Kier alpha value is -1.39. The highest BCUT2D eigenvalue weighted by Crippen LogP contribution is 2.25. The topological polar surface area (TPSA) is 39.1 Å². The number of rotatable bonds is 2. The van der Waals surface area contributed by atoms with Gasteiger partial charge in [0.2, 0.25) is 0 Å². The zero-order valence-corrected chi connectivity index (χ0v) is 10.2. The molecule has 1 saturated heterocycles. The monoisotopic (exact) mass is 231 g/mol. The van der Waals surface area contributed by atoms with Gasteiger partial charge in [0.1, 0.15) is 0 Å². The maximum Gasteiger partial charge on any atom is 0.0971 e. The molecule has 0 spiro atoms. The number of aromatic nitrogens is 2. The zero-order valence-electron chi connectivity index (χ0n) is 10.2. The number of hydrogen-bond acceptors (Lipinski definition) is 3. The molecule has 2 heterocycles. The summed E-state index contributed by atoms with van der Waals surface area (Å²) in [6, 6.07) is 6.24. The maximum absolute atomic E-state index is 5.39. The van der Waals surface area contributed by atoms with Crippen LogP contribution in [0.25, 0.3) is 11.0 Å². The summed E-state index contributed by atoms with van der Waals surface area (Å²) in [6.45, 7) is 3.04. The number of aryl methyl sites for hydroxylation is 1. The molecule has 1 aromatic heterocycles. The highest BCUT2D eigenvalue weighted by Gasteiger charge is 2.26. The highest BCUT2D eigenvalue weighted by atomic mass is 16.5. The van der Waals surface area contributed by atoms with E-state index in [-0.39, 0.29) is 0 Å². The van der Waals surface area contributed by atoms with Gasteiger partial charge in [0.25, 0.3) is 0 Å². The third-order valence-corrected chi connectivity index (χ3v) is 3.53. The molecule has 4 nitrogen and oxygen atoms in total. The minimum Gasteiger partial charge on any atom is -0.380 e. The Morgan fingerprint density at radius 1 is 1.47 bits per heavy atom. The van der Waals surface area contributed by atoms with Crippen molar-refractivity contribution < 1.29 is 4.74 Å². The fourth-order valence-corrected chi connectivity index (χ4v) is 2.58. The van der Waals surface area contributed by atoms with E-state index in [1.54, 1.807) is 7.11 Å². The minimum absolute atomic E-state index is 0.297. The van der Waals surface area contributed by atoms with E-state index in [0.717, 1.165) is 18.5 Å². The van der Waals surface area contributed by atoms with Gasteiger partial charge in [-0.05, 0) is 18.6 Å². The number of ether oxygens (including phenoxy) is 1.